The maximum atomic E-state index is 12.6. The van der Waals surface area contributed by atoms with Crippen LogP contribution in [0.4, 0.5) is 11.4 Å². The summed E-state index contributed by atoms with van der Waals surface area (Å²) >= 11 is 7.38. The van der Waals surface area contributed by atoms with Gasteiger partial charge in [-0.1, -0.05) is 30.2 Å². The van der Waals surface area contributed by atoms with E-state index >= 15 is 0 Å². The second-order valence-electron chi connectivity index (χ2n) is 7.53. The number of nitrogens with zero attached hydrogens (tertiary/aromatic N) is 1. The average molecular weight is 430 g/mol. The smallest absolute Gasteiger partial charge is 0.238 e. The third kappa shape index (κ3) is 5.32. The van der Waals surface area contributed by atoms with Crippen molar-refractivity contribution in [1.29, 1.82) is 0 Å². The molecular weight excluding hydrogens is 406 g/mol. The van der Waals surface area contributed by atoms with Gasteiger partial charge in [0.05, 0.1) is 10.9 Å². The van der Waals surface area contributed by atoms with Gasteiger partial charge in [0.15, 0.2) is 0 Å². The van der Waals surface area contributed by atoms with Crippen LogP contribution in [0.1, 0.15) is 31.2 Å². The Morgan fingerprint density at radius 3 is 2.83 bits per heavy atom. The normalized spacial score (nSPS) is 19.3. The Morgan fingerprint density at radius 1 is 1.17 bits per heavy atom. The van der Waals surface area contributed by atoms with Crippen LogP contribution < -0.4 is 10.6 Å². The van der Waals surface area contributed by atoms with Crippen LogP contribution in [0.25, 0.3) is 0 Å². The fourth-order valence-electron chi connectivity index (χ4n) is 3.76. The highest BCUT2D eigenvalue weighted by molar-refractivity contribution is 8.01. The van der Waals surface area contributed by atoms with Crippen LogP contribution in [0.5, 0.6) is 0 Å². The second kappa shape index (κ2) is 9.20. The van der Waals surface area contributed by atoms with Gasteiger partial charge in [0.1, 0.15) is 0 Å². The molecule has 4 rings (SSSR count). The number of benzene rings is 2. The molecule has 0 aliphatic carbocycles. The Kier molecular flexibility index (Phi) is 6.43. The number of carbonyl (C=O) groups excluding carboxylic acids is 2. The molecule has 29 heavy (non-hydrogen) atoms. The third-order valence-corrected chi connectivity index (χ3v) is 6.71. The molecule has 0 radical (unpaired) electrons. The molecule has 2 aliphatic rings. The maximum Gasteiger partial charge on any atom is 0.238 e. The van der Waals surface area contributed by atoms with Crippen molar-refractivity contribution < 1.29 is 9.59 Å². The van der Waals surface area contributed by atoms with Crippen molar-refractivity contribution in [2.45, 2.75) is 42.4 Å². The van der Waals surface area contributed by atoms with Gasteiger partial charge in [-0.3, -0.25) is 14.5 Å². The summed E-state index contributed by atoms with van der Waals surface area (Å²) in [4.78, 5) is 28.3. The minimum absolute atomic E-state index is 0.120. The molecule has 0 saturated carbocycles. The van der Waals surface area contributed by atoms with Gasteiger partial charge >= 0.3 is 0 Å². The van der Waals surface area contributed by atoms with E-state index in [-0.39, 0.29) is 18.2 Å². The minimum Gasteiger partial charge on any atom is -0.326 e. The summed E-state index contributed by atoms with van der Waals surface area (Å²) in [5.74, 6) is -0.330. The Bertz CT molecular complexity index is 915. The highest BCUT2D eigenvalue weighted by Crippen LogP contribution is 2.38. The average Bonchev–Trinajstić information content (AvgIpc) is 2.70. The van der Waals surface area contributed by atoms with Crippen molar-refractivity contribution in [2.24, 2.45) is 0 Å². The largest absolute Gasteiger partial charge is 0.326 e. The zero-order valence-corrected chi connectivity index (χ0v) is 17.7. The van der Waals surface area contributed by atoms with Crippen LogP contribution in [-0.4, -0.2) is 35.1 Å². The zero-order chi connectivity index (χ0) is 20.2. The molecule has 2 aliphatic heterocycles. The van der Waals surface area contributed by atoms with Crippen molar-refractivity contribution in [1.82, 2.24) is 4.90 Å². The topological polar surface area (TPSA) is 61.4 Å². The molecule has 1 unspecified atom stereocenters. The molecule has 0 spiro atoms. The maximum absolute atomic E-state index is 12.6. The number of fused-ring (bicyclic) bond motifs is 1. The van der Waals surface area contributed by atoms with E-state index in [1.807, 2.05) is 24.3 Å². The Balaban J connectivity index is 1.35. The van der Waals surface area contributed by atoms with Gasteiger partial charge in [-0.05, 0) is 61.8 Å². The lowest BCUT2D eigenvalue weighted by Crippen LogP contribution is -2.32. The first-order valence-corrected chi connectivity index (χ1v) is 11.2. The number of amides is 2. The summed E-state index contributed by atoms with van der Waals surface area (Å²) in [6, 6.07) is 13.4. The van der Waals surface area contributed by atoms with Crippen LogP contribution in [-0.2, 0) is 16.1 Å². The highest BCUT2D eigenvalue weighted by atomic mass is 35.5. The number of thioether (sulfide) groups is 1. The van der Waals surface area contributed by atoms with Gasteiger partial charge in [0.25, 0.3) is 0 Å². The molecule has 1 fully saturated rings. The van der Waals surface area contributed by atoms with E-state index in [0.29, 0.717) is 10.7 Å². The zero-order valence-electron chi connectivity index (χ0n) is 16.1. The number of hydrogen-bond acceptors (Lipinski definition) is 4. The Morgan fingerprint density at radius 2 is 2.00 bits per heavy atom. The van der Waals surface area contributed by atoms with E-state index in [1.165, 1.54) is 36.6 Å². The summed E-state index contributed by atoms with van der Waals surface area (Å²) in [7, 11) is 0. The monoisotopic (exact) mass is 429 g/mol. The van der Waals surface area contributed by atoms with E-state index < -0.39 is 5.25 Å². The molecule has 2 aromatic carbocycles. The molecule has 7 heteroatoms. The van der Waals surface area contributed by atoms with Crippen LogP contribution in [0.2, 0.25) is 5.02 Å². The van der Waals surface area contributed by atoms with Crippen molar-refractivity contribution in [3.05, 3.63) is 53.1 Å². The second-order valence-corrected chi connectivity index (χ2v) is 9.21. The number of anilines is 2. The van der Waals surface area contributed by atoms with Crippen molar-refractivity contribution in [2.75, 3.05) is 23.7 Å². The van der Waals surface area contributed by atoms with Crippen molar-refractivity contribution in [3.63, 3.8) is 0 Å². The van der Waals surface area contributed by atoms with Crippen LogP contribution >= 0.6 is 23.4 Å². The number of rotatable bonds is 5. The van der Waals surface area contributed by atoms with E-state index in [9.17, 15) is 9.59 Å². The first kappa shape index (κ1) is 20.3. The lowest BCUT2D eigenvalue weighted by Gasteiger charge is -2.26. The first-order valence-electron chi connectivity index (χ1n) is 9.95. The molecule has 5 nitrogen and oxygen atoms in total. The van der Waals surface area contributed by atoms with Gasteiger partial charge < -0.3 is 10.6 Å². The summed E-state index contributed by atoms with van der Waals surface area (Å²) in [5, 5.41) is 5.91. The predicted octanol–water partition coefficient (Wildman–Crippen LogP) is 4.77. The lowest BCUT2D eigenvalue weighted by atomic mass is 10.1. The molecule has 1 atom stereocenters. The molecule has 2 aromatic rings. The standard InChI is InChI=1S/C22H24ClN3O2S/c23-16-7-8-19-18(12-16)25-22(28)20(29-19)13-21(27)24-17-6-4-5-15(11-17)14-26-9-2-1-3-10-26/h4-8,11-12,20H,1-3,9-10,13-14H2,(H,24,27)(H,25,28). The van der Waals surface area contributed by atoms with Crippen LogP contribution in [0.15, 0.2) is 47.4 Å². The van der Waals surface area contributed by atoms with Gasteiger partial charge in [0.2, 0.25) is 11.8 Å². The Hall–Kier alpha value is -2.02. The number of halogens is 1. The summed E-state index contributed by atoms with van der Waals surface area (Å²) in [5.41, 5.74) is 2.67. The van der Waals surface area contributed by atoms with Crippen LogP contribution in [0, 0.1) is 0 Å². The Labute approximate surface area is 180 Å². The van der Waals surface area contributed by atoms with Crippen LogP contribution in [0.3, 0.4) is 0 Å². The molecule has 0 bridgehead atoms. The molecule has 2 amide bonds. The van der Waals surface area contributed by atoms with Crippen molar-refractivity contribution in [3.8, 4) is 0 Å². The van der Waals surface area contributed by atoms with Gasteiger partial charge in [-0.25, -0.2) is 0 Å². The lowest BCUT2D eigenvalue weighted by molar-refractivity contribution is -0.120. The summed E-state index contributed by atoms with van der Waals surface area (Å²) in [6.07, 6.45) is 3.95. The molecule has 1 saturated heterocycles. The molecule has 152 valence electrons. The number of carbonyl (C=O) groups is 2. The van der Waals surface area contributed by atoms with Crippen molar-refractivity contribution >= 4 is 46.6 Å². The molecule has 0 aromatic heterocycles. The van der Waals surface area contributed by atoms with E-state index in [0.717, 1.165) is 30.2 Å². The van der Waals surface area contributed by atoms with E-state index in [2.05, 4.69) is 21.6 Å². The van der Waals surface area contributed by atoms with E-state index in [1.54, 1.807) is 12.1 Å². The SMILES string of the molecule is O=C(CC1Sc2ccc(Cl)cc2NC1=O)Nc1cccc(CN2CCCCC2)c1. The van der Waals surface area contributed by atoms with Gasteiger partial charge in [0, 0.05) is 28.6 Å². The van der Waals surface area contributed by atoms with Gasteiger partial charge in [-0.15, -0.1) is 11.8 Å². The number of hydrogen-bond donors (Lipinski definition) is 2. The fraction of sp³-hybridized carbons (Fsp3) is 0.364. The summed E-state index contributed by atoms with van der Waals surface area (Å²) < 4.78 is 0. The first-order chi connectivity index (χ1) is 14.1. The number of nitrogens with one attached hydrogen (secondary N) is 2. The predicted molar refractivity (Wildman–Crippen MR) is 119 cm³/mol. The molecule has 2 heterocycles. The molecular formula is C22H24ClN3O2S. The summed E-state index contributed by atoms with van der Waals surface area (Å²) in [6.45, 7) is 3.18. The minimum atomic E-state index is -0.458. The van der Waals surface area contributed by atoms with Gasteiger partial charge in [-0.2, -0.15) is 0 Å². The number of piperidine rings is 1. The highest BCUT2D eigenvalue weighted by Gasteiger charge is 2.29. The molecule has 2 N–H and O–H groups in total. The van der Waals surface area contributed by atoms with E-state index in [4.69, 9.17) is 11.6 Å². The quantitative estimate of drug-likeness (QED) is 0.718. The fourth-order valence-corrected chi connectivity index (χ4v) is 5.02. The third-order valence-electron chi connectivity index (χ3n) is 5.20. The number of likely N-dealkylation sites (tertiary alicyclic amines) is 1.